The fourth-order valence-electron chi connectivity index (χ4n) is 2.53. The zero-order valence-electron chi connectivity index (χ0n) is 11.6. The van der Waals surface area contributed by atoms with Crippen LogP contribution in [-0.2, 0) is 22.6 Å². The molecule has 1 amide bonds. The minimum absolute atomic E-state index is 0.0575. The summed E-state index contributed by atoms with van der Waals surface area (Å²) in [6.07, 6.45) is 2.36. The third-order valence-electron chi connectivity index (χ3n) is 3.63. The van der Waals surface area contributed by atoms with Crippen LogP contribution in [0.2, 0.25) is 10.0 Å². The third kappa shape index (κ3) is 4.35. The predicted molar refractivity (Wildman–Crippen MR) is 81.7 cm³/mol. The van der Waals surface area contributed by atoms with Crippen molar-refractivity contribution in [1.29, 1.82) is 0 Å². The third-order valence-corrected chi connectivity index (χ3v) is 4.19. The zero-order chi connectivity index (χ0) is 15.4. The maximum absolute atomic E-state index is 12.1. The van der Waals surface area contributed by atoms with Gasteiger partial charge in [0, 0.05) is 36.0 Å². The van der Waals surface area contributed by atoms with Crippen LogP contribution < -0.4 is 0 Å². The topological polar surface area (TPSA) is 57.6 Å². The summed E-state index contributed by atoms with van der Waals surface area (Å²) in [7, 11) is 0. The van der Waals surface area contributed by atoms with Crippen molar-refractivity contribution in [1.82, 2.24) is 4.90 Å². The molecule has 6 heteroatoms. The first-order valence-corrected chi connectivity index (χ1v) is 7.69. The highest BCUT2D eigenvalue weighted by Crippen LogP contribution is 2.30. The molecule has 0 bridgehead atoms. The van der Waals surface area contributed by atoms with Gasteiger partial charge in [-0.2, -0.15) is 0 Å². The lowest BCUT2D eigenvalue weighted by atomic mass is 9.99. The number of carboxylic acid groups (broad SMARTS) is 1. The SMILES string of the molecule is O=C(O)CCCCC(=O)N1CCc2c(Cl)cc(Cl)cc2C1. The average molecular weight is 330 g/mol. The van der Waals surface area contributed by atoms with Crippen molar-refractivity contribution in [3.05, 3.63) is 33.3 Å². The monoisotopic (exact) mass is 329 g/mol. The molecule has 0 fully saturated rings. The molecule has 1 aromatic rings. The van der Waals surface area contributed by atoms with Crippen molar-refractivity contribution in [3.63, 3.8) is 0 Å². The summed E-state index contributed by atoms with van der Waals surface area (Å²) in [5.74, 6) is -0.763. The number of nitrogens with zero attached hydrogens (tertiary/aromatic N) is 1. The molecule has 2 rings (SSSR count). The number of hydrogen-bond acceptors (Lipinski definition) is 2. The Kier molecular flexibility index (Phi) is 5.48. The first-order valence-electron chi connectivity index (χ1n) is 6.93. The molecular weight excluding hydrogens is 313 g/mol. The number of rotatable bonds is 5. The first kappa shape index (κ1) is 16.1. The number of carbonyl (C=O) groups is 2. The molecule has 1 aliphatic heterocycles. The summed E-state index contributed by atoms with van der Waals surface area (Å²) in [6, 6.07) is 3.58. The van der Waals surface area contributed by atoms with Crippen LogP contribution in [0.3, 0.4) is 0 Å². The minimum Gasteiger partial charge on any atom is -0.481 e. The Morgan fingerprint density at radius 2 is 1.90 bits per heavy atom. The van der Waals surface area contributed by atoms with Gasteiger partial charge in [0.2, 0.25) is 5.91 Å². The standard InChI is InChI=1S/C15H17Cl2NO3/c16-11-7-10-9-18(6-5-12(10)13(17)8-11)14(19)3-1-2-4-15(20)21/h7-8H,1-6,9H2,(H,20,21). The van der Waals surface area contributed by atoms with Crippen molar-refractivity contribution in [2.75, 3.05) is 6.54 Å². The Bertz CT molecular complexity index is 560. The Morgan fingerprint density at radius 1 is 1.19 bits per heavy atom. The van der Waals surface area contributed by atoms with Gasteiger partial charge in [-0.05, 0) is 42.5 Å². The van der Waals surface area contributed by atoms with Gasteiger partial charge >= 0.3 is 5.97 Å². The lowest BCUT2D eigenvalue weighted by Gasteiger charge is -2.29. The lowest BCUT2D eigenvalue weighted by Crippen LogP contribution is -2.35. The van der Waals surface area contributed by atoms with Crippen LogP contribution >= 0.6 is 23.2 Å². The normalized spacial score (nSPS) is 13.9. The lowest BCUT2D eigenvalue weighted by molar-refractivity contribution is -0.137. The average Bonchev–Trinajstić information content (AvgIpc) is 2.42. The second kappa shape index (κ2) is 7.14. The van der Waals surface area contributed by atoms with Crippen LogP contribution in [0.5, 0.6) is 0 Å². The number of carboxylic acids is 1. The number of halogens is 2. The smallest absolute Gasteiger partial charge is 0.303 e. The van der Waals surface area contributed by atoms with Crippen LogP contribution in [-0.4, -0.2) is 28.4 Å². The molecule has 0 spiro atoms. The van der Waals surface area contributed by atoms with E-state index in [1.54, 1.807) is 11.0 Å². The number of amides is 1. The maximum Gasteiger partial charge on any atom is 0.303 e. The summed E-state index contributed by atoms with van der Waals surface area (Å²) in [5.41, 5.74) is 2.06. The molecule has 0 aliphatic carbocycles. The van der Waals surface area contributed by atoms with E-state index >= 15 is 0 Å². The summed E-state index contributed by atoms with van der Waals surface area (Å²) in [6.45, 7) is 1.17. The molecule has 0 aromatic heterocycles. The van der Waals surface area contributed by atoms with E-state index in [0.29, 0.717) is 42.4 Å². The van der Waals surface area contributed by atoms with Gasteiger partial charge in [0.25, 0.3) is 0 Å². The Balaban J connectivity index is 1.91. The van der Waals surface area contributed by atoms with E-state index in [1.807, 2.05) is 6.07 Å². The predicted octanol–water partition coefficient (Wildman–Crippen LogP) is 3.52. The van der Waals surface area contributed by atoms with E-state index < -0.39 is 5.97 Å². The quantitative estimate of drug-likeness (QED) is 0.841. The molecule has 114 valence electrons. The Morgan fingerprint density at radius 3 is 2.62 bits per heavy atom. The molecule has 1 N–H and O–H groups in total. The summed E-state index contributed by atoms with van der Waals surface area (Å²) in [5, 5.41) is 9.80. The zero-order valence-corrected chi connectivity index (χ0v) is 13.1. The number of fused-ring (bicyclic) bond motifs is 1. The summed E-state index contributed by atoms with van der Waals surface area (Å²) in [4.78, 5) is 24.3. The summed E-state index contributed by atoms with van der Waals surface area (Å²) < 4.78 is 0. The van der Waals surface area contributed by atoms with Gasteiger partial charge in [0.05, 0.1) is 0 Å². The van der Waals surface area contributed by atoms with Crippen LogP contribution in [0.4, 0.5) is 0 Å². The number of benzene rings is 1. The molecule has 21 heavy (non-hydrogen) atoms. The van der Waals surface area contributed by atoms with Gasteiger partial charge in [-0.25, -0.2) is 0 Å². The highest BCUT2D eigenvalue weighted by atomic mass is 35.5. The largest absolute Gasteiger partial charge is 0.481 e. The Hall–Kier alpha value is -1.26. The first-order chi connectivity index (χ1) is 9.97. The molecule has 0 radical (unpaired) electrons. The minimum atomic E-state index is -0.821. The number of carbonyl (C=O) groups excluding carboxylic acids is 1. The van der Waals surface area contributed by atoms with E-state index in [2.05, 4.69) is 0 Å². The molecular formula is C15H17Cl2NO3. The van der Waals surface area contributed by atoms with Crippen molar-refractivity contribution in [3.8, 4) is 0 Å². The Labute approximate surface area is 133 Å². The van der Waals surface area contributed by atoms with Crippen molar-refractivity contribution >= 4 is 35.1 Å². The van der Waals surface area contributed by atoms with Gasteiger partial charge in [0.1, 0.15) is 0 Å². The molecule has 0 saturated carbocycles. The van der Waals surface area contributed by atoms with Gasteiger partial charge in [0.15, 0.2) is 0 Å². The summed E-state index contributed by atoms with van der Waals surface area (Å²) >= 11 is 12.2. The van der Waals surface area contributed by atoms with Crippen molar-refractivity contribution < 1.29 is 14.7 Å². The second-order valence-electron chi connectivity index (χ2n) is 5.19. The second-order valence-corrected chi connectivity index (χ2v) is 6.04. The number of hydrogen-bond donors (Lipinski definition) is 1. The van der Waals surface area contributed by atoms with Crippen molar-refractivity contribution in [2.45, 2.75) is 38.6 Å². The number of aliphatic carboxylic acids is 1. The van der Waals surface area contributed by atoms with E-state index in [9.17, 15) is 9.59 Å². The molecule has 0 unspecified atom stereocenters. The van der Waals surface area contributed by atoms with Crippen LogP contribution in [0, 0.1) is 0 Å². The maximum atomic E-state index is 12.1. The van der Waals surface area contributed by atoms with E-state index in [1.165, 1.54) is 0 Å². The van der Waals surface area contributed by atoms with E-state index in [4.69, 9.17) is 28.3 Å². The molecule has 0 atom stereocenters. The number of unbranched alkanes of at least 4 members (excludes halogenated alkanes) is 1. The molecule has 4 nitrogen and oxygen atoms in total. The van der Waals surface area contributed by atoms with Gasteiger partial charge in [-0.1, -0.05) is 23.2 Å². The molecule has 1 aromatic carbocycles. The fraction of sp³-hybridized carbons (Fsp3) is 0.467. The highest BCUT2D eigenvalue weighted by molar-refractivity contribution is 6.35. The van der Waals surface area contributed by atoms with E-state index in [-0.39, 0.29) is 12.3 Å². The molecule has 1 aliphatic rings. The van der Waals surface area contributed by atoms with Gasteiger partial charge < -0.3 is 10.0 Å². The van der Waals surface area contributed by atoms with Crippen LogP contribution in [0.25, 0.3) is 0 Å². The molecule has 0 saturated heterocycles. The van der Waals surface area contributed by atoms with Gasteiger partial charge in [-0.3, -0.25) is 9.59 Å². The molecule has 1 heterocycles. The van der Waals surface area contributed by atoms with Crippen LogP contribution in [0.15, 0.2) is 12.1 Å². The van der Waals surface area contributed by atoms with E-state index in [0.717, 1.165) is 17.5 Å². The fourth-order valence-corrected chi connectivity index (χ4v) is 3.16. The van der Waals surface area contributed by atoms with Gasteiger partial charge in [-0.15, -0.1) is 0 Å². The van der Waals surface area contributed by atoms with Crippen molar-refractivity contribution in [2.24, 2.45) is 0 Å². The highest BCUT2D eigenvalue weighted by Gasteiger charge is 2.22. The van der Waals surface area contributed by atoms with Crippen LogP contribution in [0.1, 0.15) is 36.8 Å².